The summed E-state index contributed by atoms with van der Waals surface area (Å²) in [5.74, 6) is -0.153. The van der Waals surface area contributed by atoms with Crippen molar-refractivity contribution in [1.29, 1.82) is 0 Å². The van der Waals surface area contributed by atoms with Crippen LogP contribution in [0.25, 0.3) is 22.0 Å². The molecule has 4 aromatic rings. The van der Waals surface area contributed by atoms with Gasteiger partial charge in [-0.15, -0.1) is 0 Å². The van der Waals surface area contributed by atoms with Gasteiger partial charge in [-0.1, -0.05) is 72.4 Å². The first-order valence-electron chi connectivity index (χ1n) is 11.2. The van der Waals surface area contributed by atoms with Gasteiger partial charge in [-0.05, 0) is 37.1 Å². The number of thioether (sulfide) groups is 1. The summed E-state index contributed by atoms with van der Waals surface area (Å²) in [4.78, 5) is 31.0. The van der Waals surface area contributed by atoms with Crippen molar-refractivity contribution in [2.45, 2.75) is 30.3 Å². The molecule has 1 heterocycles. The molecule has 7 heteroatoms. The number of carbonyl (C=O) groups is 1. The Labute approximate surface area is 203 Å². The number of carbonyl (C=O) groups excluding carboxylic acids is 1. The number of ether oxygens (including phenoxy) is 1. The molecule has 1 atom stereocenters. The highest BCUT2D eigenvalue weighted by Crippen LogP contribution is 2.29. The van der Waals surface area contributed by atoms with E-state index >= 15 is 0 Å². The number of anilines is 1. The second-order valence-electron chi connectivity index (χ2n) is 7.88. The SMILES string of the molecule is COCCCn1c(SC(C)C(=O)Nc2ccccc2-c2ccccc2)nc2ccccc2c1=O. The predicted molar refractivity (Wildman–Crippen MR) is 138 cm³/mol. The van der Waals surface area contributed by atoms with Crippen LogP contribution in [0.4, 0.5) is 5.69 Å². The Morgan fingerprint density at radius 2 is 1.74 bits per heavy atom. The van der Waals surface area contributed by atoms with Crippen LogP contribution in [-0.4, -0.2) is 34.4 Å². The zero-order chi connectivity index (χ0) is 23.9. The minimum Gasteiger partial charge on any atom is -0.385 e. The number of hydrogen-bond acceptors (Lipinski definition) is 5. The predicted octanol–water partition coefficient (Wildman–Crippen LogP) is 5.22. The van der Waals surface area contributed by atoms with Crippen molar-refractivity contribution in [2.24, 2.45) is 0 Å². The van der Waals surface area contributed by atoms with E-state index in [-0.39, 0.29) is 11.5 Å². The summed E-state index contributed by atoms with van der Waals surface area (Å²) in [5, 5.41) is 3.68. The van der Waals surface area contributed by atoms with Crippen molar-refractivity contribution in [3.8, 4) is 11.1 Å². The van der Waals surface area contributed by atoms with Gasteiger partial charge in [0.15, 0.2) is 5.16 Å². The molecule has 174 valence electrons. The summed E-state index contributed by atoms with van der Waals surface area (Å²) in [6.45, 7) is 2.83. The van der Waals surface area contributed by atoms with E-state index in [9.17, 15) is 9.59 Å². The second kappa shape index (κ2) is 11.1. The largest absolute Gasteiger partial charge is 0.385 e. The van der Waals surface area contributed by atoms with Crippen LogP contribution in [0.3, 0.4) is 0 Å². The Hall–Kier alpha value is -3.42. The second-order valence-corrected chi connectivity index (χ2v) is 9.18. The Morgan fingerprint density at radius 3 is 2.53 bits per heavy atom. The van der Waals surface area contributed by atoms with Gasteiger partial charge in [0.05, 0.1) is 16.2 Å². The molecule has 34 heavy (non-hydrogen) atoms. The van der Waals surface area contributed by atoms with Gasteiger partial charge in [-0.2, -0.15) is 0 Å². The summed E-state index contributed by atoms with van der Waals surface area (Å²) in [5.41, 5.74) is 3.25. The quantitative estimate of drug-likeness (QED) is 0.205. The minimum absolute atomic E-state index is 0.105. The first-order chi connectivity index (χ1) is 16.6. The fourth-order valence-corrected chi connectivity index (χ4v) is 4.64. The summed E-state index contributed by atoms with van der Waals surface area (Å²) in [6.07, 6.45) is 0.676. The molecule has 0 aliphatic carbocycles. The zero-order valence-corrected chi connectivity index (χ0v) is 20.0. The van der Waals surface area contributed by atoms with Crippen molar-refractivity contribution >= 4 is 34.3 Å². The van der Waals surface area contributed by atoms with E-state index in [2.05, 4.69) is 5.32 Å². The van der Waals surface area contributed by atoms with Gasteiger partial charge in [0.1, 0.15) is 0 Å². The third-order valence-corrected chi connectivity index (χ3v) is 6.57. The number of hydrogen-bond donors (Lipinski definition) is 1. The van der Waals surface area contributed by atoms with Crippen LogP contribution in [0, 0.1) is 0 Å². The van der Waals surface area contributed by atoms with E-state index in [1.54, 1.807) is 17.7 Å². The summed E-state index contributed by atoms with van der Waals surface area (Å²) < 4.78 is 6.80. The molecule has 0 aliphatic rings. The first kappa shape index (κ1) is 23.7. The van der Waals surface area contributed by atoms with E-state index < -0.39 is 5.25 Å². The molecule has 1 unspecified atom stereocenters. The van der Waals surface area contributed by atoms with Crippen LogP contribution in [0.1, 0.15) is 13.3 Å². The Balaban J connectivity index is 1.59. The molecule has 0 saturated carbocycles. The number of rotatable bonds is 9. The lowest BCUT2D eigenvalue weighted by atomic mass is 10.0. The smallest absolute Gasteiger partial charge is 0.262 e. The maximum atomic E-state index is 13.2. The highest BCUT2D eigenvalue weighted by Gasteiger charge is 2.20. The summed E-state index contributed by atoms with van der Waals surface area (Å²) in [7, 11) is 1.64. The van der Waals surface area contributed by atoms with Gasteiger partial charge >= 0.3 is 0 Å². The number of para-hydroxylation sites is 2. The molecule has 1 aromatic heterocycles. The van der Waals surface area contributed by atoms with Crippen LogP contribution in [0.15, 0.2) is 88.8 Å². The molecule has 0 radical (unpaired) electrons. The van der Waals surface area contributed by atoms with E-state index in [4.69, 9.17) is 9.72 Å². The molecule has 3 aromatic carbocycles. The van der Waals surface area contributed by atoms with E-state index in [0.717, 1.165) is 16.8 Å². The molecule has 0 bridgehead atoms. The van der Waals surface area contributed by atoms with E-state index in [1.165, 1.54) is 11.8 Å². The van der Waals surface area contributed by atoms with Gasteiger partial charge in [-0.25, -0.2) is 4.98 Å². The minimum atomic E-state index is -0.467. The number of benzene rings is 3. The number of nitrogens with zero attached hydrogens (tertiary/aromatic N) is 2. The van der Waals surface area contributed by atoms with Crippen molar-refractivity contribution in [3.05, 3.63) is 89.2 Å². The number of amides is 1. The van der Waals surface area contributed by atoms with Gasteiger partial charge in [-0.3, -0.25) is 14.2 Å². The van der Waals surface area contributed by atoms with Crippen molar-refractivity contribution in [3.63, 3.8) is 0 Å². The Kier molecular flexibility index (Phi) is 7.77. The molecular formula is C27H27N3O3S. The van der Waals surface area contributed by atoms with Gasteiger partial charge in [0.25, 0.3) is 5.56 Å². The summed E-state index contributed by atoms with van der Waals surface area (Å²) >= 11 is 1.29. The van der Waals surface area contributed by atoms with E-state index in [1.807, 2.05) is 79.7 Å². The van der Waals surface area contributed by atoms with Crippen molar-refractivity contribution < 1.29 is 9.53 Å². The fraction of sp³-hybridized carbons (Fsp3) is 0.222. The van der Waals surface area contributed by atoms with Crippen LogP contribution in [0.5, 0.6) is 0 Å². The lowest BCUT2D eigenvalue weighted by Gasteiger charge is -2.17. The maximum Gasteiger partial charge on any atom is 0.262 e. The third-order valence-electron chi connectivity index (χ3n) is 5.48. The molecular weight excluding hydrogens is 446 g/mol. The maximum absolute atomic E-state index is 13.2. The highest BCUT2D eigenvalue weighted by atomic mass is 32.2. The molecule has 0 aliphatic heterocycles. The van der Waals surface area contributed by atoms with Crippen molar-refractivity contribution in [2.75, 3.05) is 19.0 Å². The average molecular weight is 474 g/mol. The Morgan fingerprint density at radius 1 is 1.03 bits per heavy atom. The van der Waals surface area contributed by atoms with Crippen LogP contribution in [0.2, 0.25) is 0 Å². The lowest BCUT2D eigenvalue weighted by Crippen LogP contribution is -2.27. The van der Waals surface area contributed by atoms with Crippen molar-refractivity contribution in [1.82, 2.24) is 9.55 Å². The standard InChI is InChI=1S/C27H27N3O3S/c1-19(25(31)28-23-15-8-6-13-21(23)20-11-4-3-5-12-20)34-27-29-24-16-9-7-14-22(24)26(32)30(27)17-10-18-33-2/h3-9,11-16,19H,10,17-18H2,1-2H3,(H,28,31). The molecule has 0 fully saturated rings. The van der Waals surface area contributed by atoms with Crippen LogP contribution < -0.4 is 10.9 Å². The fourth-order valence-electron chi connectivity index (χ4n) is 3.71. The number of fused-ring (bicyclic) bond motifs is 1. The van der Waals surface area contributed by atoms with Crippen LogP contribution in [-0.2, 0) is 16.1 Å². The zero-order valence-electron chi connectivity index (χ0n) is 19.2. The van der Waals surface area contributed by atoms with Crippen LogP contribution >= 0.6 is 11.8 Å². The third kappa shape index (κ3) is 5.38. The van der Waals surface area contributed by atoms with Gasteiger partial charge < -0.3 is 10.1 Å². The number of aromatic nitrogens is 2. The number of methoxy groups -OCH3 is 1. The van der Waals surface area contributed by atoms with Gasteiger partial charge in [0, 0.05) is 31.5 Å². The monoisotopic (exact) mass is 473 g/mol. The Bertz CT molecular complexity index is 1340. The highest BCUT2D eigenvalue weighted by molar-refractivity contribution is 8.00. The average Bonchev–Trinajstić information content (AvgIpc) is 2.87. The van der Waals surface area contributed by atoms with E-state index in [0.29, 0.717) is 35.6 Å². The molecule has 6 nitrogen and oxygen atoms in total. The molecule has 4 rings (SSSR count). The molecule has 0 spiro atoms. The topological polar surface area (TPSA) is 73.2 Å². The normalized spacial score (nSPS) is 11.9. The van der Waals surface area contributed by atoms with Gasteiger partial charge in [0.2, 0.25) is 5.91 Å². The number of nitrogens with one attached hydrogen (secondary N) is 1. The summed E-state index contributed by atoms with van der Waals surface area (Å²) in [6, 6.07) is 25.0. The lowest BCUT2D eigenvalue weighted by molar-refractivity contribution is -0.115. The molecule has 1 amide bonds. The molecule has 1 N–H and O–H groups in total. The molecule has 0 saturated heterocycles. The first-order valence-corrected chi connectivity index (χ1v) is 12.1.